The van der Waals surface area contributed by atoms with Crippen LogP contribution in [0.25, 0.3) is 0 Å². The number of rotatable bonds is 2. The molecule has 0 aromatic heterocycles. The molecule has 0 rings (SSSR count). The zero-order valence-corrected chi connectivity index (χ0v) is 7.10. The first-order valence-corrected chi connectivity index (χ1v) is 4.04. The monoisotopic (exact) mass is 179 g/mol. The summed E-state index contributed by atoms with van der Waals surface area (Å²) in [6.07, 6.45) is 1.98. The fourth-order valence-electron chi connectivity index (χ4n) is 0.413. The van der Waals surface area contributed by atoms with Gasteiger partial charge in [-0.3, -0.25) is 4.21 Å². The van der Waals surface area contributed by atoms with Gasteiger partial charge in [-0.15, -0.1) is 11.4 Å². The molecule has 0 aromatic rings. The van der Waals surface area contributed by atoms with Gasteiger partial charge in [0.1, 0.15) is 6.07 Å². The third-order valence-corrected chi connectivity index (χ3v) is 0.820. The molecule has 0 aliphatic rings. The molecular formula is C5H11N2O3S-. The second-order valence-corrected chi connectivity index (χ2v) is 2.23. The Morgan fingerprint density at radius 1 is 1.73 bits per heavy atom. The summed E-state index contributed by atoms with van der Waals surface area (Å²) in [5.74, 6) is 0. The van der Waals surface area contributed by atoms with Gasteiger partial charge < -0.3 is 14.8 Å². The van der Waals surface area contributed by atoms with Crippen LogP contribution in [0.2, 0.25) is 0 Å². The van der Waals surface area contributed by atoms with Gasteiger partial charge in [-0.25, -0.2) is 0 Å². The summed E-state index contributed by atoms with van der Waals surface area (Å²) in [5.41, 5.74) is 3.59. The normalized spacial score (nSPS) is 11.3. The van der Waals surface area contributed by atoms with Crippen molar-refractivity contribution in [2.24, 2.45) is 0 Å². The van der Waals surface area contributed by atoms with E-state index in [2.05, 4.69) is 18.7 Å². The Morgan fingerprint density at radius 3 is 2.18 bits per heavy atom. The Bertz CT molecular complexity index is 141. The van der Waals surface area contributed by atoms with Crippen molar-refractivity contribution in [2.75, 3.05) is 0 Å². The fraction of sp³-hybridized carbons (Fsp3) is 0.800. The predicted molar refractivity (Wildman–Crippen MR) is 36.9 cm³/mol. The first kappa shape index (κ1) is 13.1. The molecule has 5 nitrogen and oxygen atoms in total. The summed E-state index contributed by atoms with van der Waals surface area (Å²) in [4.78, 5) is 0. The van der Waals surface area contributed by atoms with Crippen molar-refractivity contribution >= 4 is 11.4 Å². The van der Waals surface area contributed by atoms with Crippen LogP contribution in [0.3, 0.4) is 0 Å². The smallest absolute Gasteiger partial charge is 0.171 e. The fourth-order valence-corrected chi connectivity index (χ4v) is 0.413. The van der Waals surface area contributed by atoms with E-state index in [0.717, 1.165) is 12.8 Å². The molecule has 6 heteroatoms. The molecule has 0 aliphatic heterocycles. The molecule has 66 valence electrons. The molecule has 0 saturated carbocycles. The average molecular weight is 179 g/mol. The first-order valence-electron chi connectivity index (χ1n) is 3.04. The number of quaternary nitrogens is 1. The van der Waals surface area contributed by atoms with E-state index in [0.29, 0.717) is 0 Å². The highest BCUT2D eigenvalue weighted by atomic mass is 32.2. The molecule has 0 radical (unpaired) electrons. The Morgan fingerprint density at radius 2 is 2.09 bits per heavy atom. The van der Waals surface area contributed by atoms with Crippen molar-refractivity contribution in [3.8, 4) is 6.07 Å². The third-order valence-electron chi connectivity index (χ3n) is 0.820. The molecule has 0 amide bonds. The summed E-state index contributed by atoms with van der Waals surface area (Å²) in [6.45, 7) is 2.05. The van der Waals surface area contributed by atoms with Crippen molar-refractivity contribution in [1.82, 2.24) is 0 Å². The molecule has 0 heterocycles. The Balaban J connectivity index is 0. The largest absolute Gasteiger partial charge is 0.784 e. The Labute approximate surface area is 68.3 Å². The summed E-state index contributed by atoms with van der Waals surface area (Å²) >= 11 is -3.11. The lowest BCUT2D eigenvalue weighted by Gasteiger charge is -2.03. The average Bonchev–Trinajstić information content (AvgIpc) is 1.87. The maximum Gasteiger partial charge on any atom is 0.171 e. The Hall–Kier alpha value is -0.480. The maximum absolute atomic E-state index is 8.44. The molecule has 0 aliphatic carbocycles. The van der Waals surface area contributed by atoms with Gasteiger partial charge in [0.25, 0.3) is 0 Å². The van der Waals surface area contributed by atoms with Crippen molar-refractivity contribution in [2.45, 2.75) is 25.8 Å². The van der Waals surface area contributed by atoms with Crippen LogP contribution < -0.4 is 5.73 Å². The van der Waals surface area contributed by atoms with Crippen LogP contribution in [0.15, 0.2) is 0 Å². The number of hydrogen-bond acceptors (Lipinski definition) is 4. The van der Waals surface area contributed by atoms with E-state index < -0.39 is 11.4 Å². The van der Waals surface area contributed by atoms with Crippen LogP contribution in [0.1, 0.15) is 19.8 Å². The van der Waals surface area contributed by atoms with Crippen LogP contribution in [0, 0.1) is 11.3 Å². The van der Waals surface area contributed by atoms with Gasteiger partial charge in [0.05, 0.1) is 0 Å². The summed E-state index contributed by atoms with van der Waals surface area (Å²) in [5, 5.41) is 8.15. The minimum Gasteiger partial charge on any atom is -0.784 e. The molecule has 0 spiro atoms. The molecule has 11 heavy (non-hydrogen) atoms. The standard InChI is InChI=1S/C5H10N2.H2O3S/c1-2-3-5(7)4-6;1-4(2)3/h5H,2-3,7H2,1H3;(H2,1,2,3)/p-1. The van der Waals surface area contributed by atoms with Crippen LogP contribution in [-0.2, 0) is 11.4 Å². The molecule has 1 atom stereocenters. The molecular weight excluding hydrogens is 168 g/mol. The van der Waals surface area contributed by atoms with Crippen LogP contribution in [0.4, 0.5) is 0 Å². The molecule has 1 unspecified atom stereocenters. The number of nitriles is 1. The Kier molecular flexibility index (Phi) is 11.4. The lowest BCUT2D eigenvalue weighted by Crippen LogP contribution is -2.59. The van der Waals surface area contributed by atoms with Gasteiger partial charge in [-0.05, 0) is 6.42 Å². The van der Waals surface area contributed by atoms with Crippen molar-refractivity contribution in [1.29, 1.82) is 5.26 Å². The van der Waals surface area contributed by atoms with E-state index in [1.54, 1.807) is 0 Å². The minimum absolute atomic E-state index is 0.00463. The maximum atomic E-state index is 8.44. The minimum atomic E-state index is -3.11. The van der Waals surface area contributed by atoms with E-state index in [4.69, 9.17) is 18.6 Å². The van der Waals surface area contributed by atoms with E-state index in [1.165, 1.54) is 0 Å². The van der Waals surface area contributed by atoms with Gasteiger partial charge in [-0.2, -0.15) is 5.26 Å². The molecule has 0 bridgehead atoms. The van der Waals surface area contributed by atoms with Crippen LogP contribution >= 0.6 is 0 Å². The third kappa shape index (κ3) is 26.4. The second-order valence-electron chi connectivity index (χ2n) is 1.82. The van der Waals surface area contributed by atoms with Crippen molar-refractivity contribution in [3.05, 3.63) is 0 Å². The van der Waals surface area contributed by atoms with Crippen molar-refractivity contribution < 1.29 is 19.0 Å². The van der Waals surface area contributed by atoms with Crippen LogP contribution in [0.5, 0.6) is 0 Å². The van der Waals surface area contributed by atoms with E-state index in [-0.39, 0.29) is 6.04 Å². The van der Waals surface area contributed by atoms with E-state index in [9.17, 15) is 0 Å². The zero-order valence-electron chi connectivity index (χ0n) is 6.28. The van der Waals surface area contributed by atoms with Crippen molar-refractivity contribution in [3.63, 3.8) is 0 Å². The quantitative estimate of drug-likeness (QED) is 0.542. The summed E-state index contributed by atoms with van der Waals surface area (Å²) in [7, 11) is 0. The van der Waals surface area contributed by atoms with Gasteiger partial charge >= 0.3 is 0 Å². The highest BCUT2D eigenvalue weighted by molar-refractivity contribution is 7.72. The summed E-state index contributed by atoms with van der Waals surface area (Å²) < 4.78 is 25.3. The lowest BCUT2D eigenvalue weighted by molar-refractivity contribution is -0.401. The summed E-state index contributed by atoms with van der Waals surface area (Å²) in [6, 6.07) is 2.06. The molecule has 3 N–H and O–H groups in total. The van der Waals surface area contributed by atoms with E-state index >= 15 is 0 Å². The van der Waals surface area contributed by atoms with Gasteiger partial charge in [0.15, 0.2) is 6.04 Å². The highest BCUT2D eigenvalue weighted by Gasteiger charge is 1.97. The topological polar surface area (TPSA) is 115 Å². The van der Waals surface area contributed by atoms with Gasteiger partial charge in [-0.1, -0.05) is 6.92 Å². The first-order chi connectivity index (χ1) is 5.04. The highest BCUT2D eigenvalue weighted by Crippen LogP contribution is 1.86. The van der Waals surface area contributed by atoms with Gasteiger partial charge in [0.2, 0.25) is 0 Å². The van der Waals surface area contributed by atoms with Gasteiger partial charge in [0, 0.05) is 6.42 Å². The zero-order chi connectivity index (χ0) is 9.28. The second kappa shape index (κ2) is 9.52. The predicted octanol–water partition coefficient (Wildman–Crippen LogP) is -1.08. The van der Waals surface area contributed by atoms with E-state index in [1.807, 2.05) is 0 Å². The van der Waals surface area contributed by atoms with Crippen LogP contribution in [-0.4, -0.2) is 19.4 Å². The number of hydrogen-bond donors (Lipinski definition) is 1. The molecule has 0 fully saturated rings. The molecule has 0 saturated heterocycles. The number of nitrogens with zero attached hydrogens (tertiary/aromatic N) is 1. The SMILES string of the molecule is CCCC([NH3+])C#N.O=S([O-])[O-]. The lowest BCUT2D eigenvalue weighted by atomic mass is 10.2. The molecule has 0 aromatic carbocycles.